The topological polar surface area (TPSA) is 35.9 Å². The molecule has 130 valence electrons. The maximum absolute atomic E-state index is 12.8. The predicted molar refractivity (Wildman–Crippen MR) is 100 cm³/mol. The molecule has 1 unspecified atom stereocenters. The molecule has 0 spiro atoms. The molecule has 4 rings (SSSR count). The molecule has 1 fully saturated rings. The third kappa shape index (κ3) is 3.26. The summed E-state index contributed by atoms with van der Waals surface area (Å²) in [5.41, 5.74) is 4.05. The second-order valence-electron chi connectivity index (χ2n) is 7.26. The van der Waals surface area contributed by atoms with Crippen LogP contribution in [0.3, 0.4) is 0 Å². The number of hydrogen-bond donors (Lipinski definition) is 0. The first-order valence-electron chi connectivity index (χ1n) is 9.24. The average Bonchev–Trinajstić information content (AvgIpc) is 3.09. The first kappa shape index (κ1) is 16.1. The number of rotatable bonds is 3. The van der Waals surface area contributed by atoms with Gasteiger partial charge in [0.25, 0.3) is 0 Å². The van der Waals surface area contributed by atoms with Crippen LogP contribution in [-0.4, -0.2) is 35.2 Å². The fraction of sp³-hybridized carbons (Fsp3) is 0.429. The molecule has 4 heteroatoms. The summed E-state index contributed by atoms with van der Waals surface area (Å²) in [5, 5.41) is 6.01. The highest BCUT2D eigenvalue weighted by atomic mass is 16.2. The molecular formula is C21H25N3O. The summed E-state index contributed by atoms with van der Waals surface area (Å²) in [5.74, 6) is 0.582. The molecule has 1 saturated heterocycles. The van der Waals surface area contributed by atoms with Gasteiger partial charge in [-0.2, -0.15) is 5.10 Å². The minimum absolute atomic E-state index is 0.0407. The third-order valence-electron chi connectivity index (χ3n) is 5.46. The molecule has 0 N–H and O–H groups in total. The van der Waals surface area contributed by atoms with Crippen molar-refractivity contribution >= 4 is 12.2 Å². The summed E-state index contributed by atoms with van der Waals surface area (Å²) in [6.07, 6.45) is 10.8. The van der Waals surface area contributed by atoms with Gasteiger partial charge in [0, 0.05) is 25.7 Å². The van der Waals surface area contributed by atoms with Crippen molar-refractivity contribution in [1.82, 2.24) is 9.91 Å². The second kappa shape index (κ2) is 6.87. The van der Waals surface area contributed by atoms with E-state index in [1.54, 1.807) is 5.01 Å². The smallest absolute Gasteiger partial charge is 0.322 e. The maximum Gasteiger partial charge on any atom is 0.341 e. The molecule has 0 saturated carbocycles. The number of amides is 2. The van der Waals surface area contributed by atoms with E-state index in [1.165, 1.54) is 17.6 Å². The van der Waals surface area contributed by atoms with Crippen LogP contribution in [0.15, 0.2) is 58.7 Å². The summed E-state index contributed by atoms with van der Waals surface area (Å²) in [7, 11) is 0. The van der Waals surface area contributed by atoms with E-state index in [-0.39, 0.29) is 12.1 Å². The van der Waals surface area contributed by atoms with Crippen LogP contribution in [-0.2, 0) is 0 Å². The molecule has 0 radical (unpaired) electrons. The Morgan fingerprint density at radius 2 is 1.92 bits per heavy atom. The van der Waals surface area contributed by atoms with Crippen molar-refractivity contribution in [2.75, 3.05) is 13.1 Å². The summed E-state index contributed by atoms with van der Waals surface area (Å²) in [6.45, 7) is 3.89. The molecule has 2 heterocycles. The number of benzene rings is 1. The summed E-state index contributed by atoms with van der Waals surface area (Å²) < 4.78 is 0. The van der Waals surface area contributed by atoms with Gasteiger partial charge in [-0.1, -0.05) is 48.1 Å². The highest BCUT2D eigenvalue weighted by Gasteiger charge is 2.37. The van der Waals surface area contributed by atoms with E-state index in [0.29, 0.717) is 5.92 Å². The molecule has 1 aromatic carbocycles. The van der Waals surface area contributed by atoms with E-state index in [4.69, 9.17) is 0 Å². The zero-order valence-corrected chi connectivity index (χ0v) is 14.8. The monoisotopic (exact) mass is 335 g/mol. The minimum atomic E-state index is 0.0407. The van der Waals surface area contributed by atoms with Crippen molar-refractivity contribution in [3.05, 3.63) is 59.2 Å². The van der Waals surface area contributed by atoms with Gasteiger partial charge in [-0.3, -0.25) is 0 Å². The molecule has 2 aliphatic heterocycles. The quantitative estimate of drug-likeness (QED) is 0.799. The van der Waals surface area contributed by atoms with Crippen LogP contribution in [0, 0.1) is 5.92 Å². The van der Waals surface area contributed by atoms with Gasteiger partial charge < -0.3 is 4.90 Å². The van der Waals surface area contributed by atoms with Crippen molar-refractivity contribution in [1.29, 1.82) is 0 Å². The number of hydrazone groups is 1. The fourth-order valence-corrected chi connectivity index (χ4v) is 3.96. The van der Waals surface area contributed by atoms with Crippen molar-refractivity contribution in [3.8, 4) is 0 Å². The highest BCUT2D eigenvalue weighted by molar-refractivity contribution is 5.79. The van der Waals surface area contributed by atoms with Crippen molar-refractivity contribution in [3.63, 3.8) is 0 Å². The van der Waals surface area contributed by atoms with E-state index in [2.05, 4.69) is 36.3 Å². The zero-order valence-electron chi connectivity index (χ0n) is 14.8. The van der Waals surface area contributed by atoms with Crippen molar-refractivity contribution < 1.29 is 4.79 Å². The van der Waals surface area contributed by atoms with Crippen LogP contribution >= 0.6 is 0 Å². The Hall–Kier alpha value is -2.36. The van der Waals surface area contributed by atoms with E-state index in [0.717, 1.165) is 37.9 Å². The van der Waals surface area contributed by atoms with Gasteiger partial charge in [-0.05, 0) is 43.2 Å². The van der Waals surface area contributed by atoms with Gasteiger partial charge in [0.15, 0.2) is 0 Å². The van der Waals surface area contributed by atoms with Gasteiger partial charge >= 0.3 is 6.03 Å². The average molecular weight is 335 g/mol. The molecule has 1 aliphatic carbocycles. The molecule has 2 amide bonds. The molecular weight excluding hydrogens is 310 g/mol. The highest BCUT2D eigenvalue weighted by Crippen LogP contribution is 2.33. The van der Waals surface area contributed by atoms with Gasteiger partial charge in [0.1, 0.15) is 0 Å². The lowest BCUT2D eigenvalue weighted by Crippen LogP contribution is -2.53. The molecule has 25 heavy (non-hydrogen) atoms. The van der Waals surface area contributed by atoms with E-state index in [9.17, 15) is 4.79 Å². The largest absolute Gasteiger partial charge is 0.341 e. The van der Waals surface area contributed by atoms with Crippen LogP contribution in [0.2, 0.25) is 0 Å². The number of hydrogen-bond acceptors (Lipinski definition) is 2. The zero-order chi connectivity index (χ0) is 17.2. The number of allylic oxidation sites excluding steroid dienone is 4. The van der Waals surface area contributed by atoms with Crippen molar-refractivity contribution in [2.24, 2.45) is 11.0 Å². The Bertz CT molecular complexity index is 729. The van der Waals surface area contributed by atoms with Gasteiger partial charge in [-0.15, -0.1) is 0 Å². The van der Waals surface area contributed by atoms with Crippen LogP contribution in [0.5, 0.6) is 0 Å². The third-order valence-corrected chi connectivity index (χ3v) is 5.46. The summed E-state index contributed by atoms with van der Waals surface area (Å²) in [4.78, 5) is 14.8. The van der Waals surface area contributed by atoms with Gasteiger partial charge in [0.2, 0.25) is 0 Å². The molecule has 1 aromatic rings. The Labute approximate surface area is 149 Å². The lowest BCUT2D eigenvalue weighted by Gasteiger charge is -2.42. The normalized spacial score (nSPS) is 23.3. The second-order valence-corrected chi connectivity index (χ2v) is 7.26. The SMILES string of the molecule is CC1=CCCC=C1CC1CN(C(=O)N2N=CCC2c2ccccc2)C1. The van der Waals surface area contributed by atoms with Gasteiger partial charge in [-0.25, -0.2) is 9.80 Å². The Morgan fingerprint density at radius 3 is 2.68 bits per heavy atom. The number of urea groups is 1. The lowest BCUT2D eigenvalue weighted by molar-refractivity contribution is 0.0836. The number of carbonyl (C=O) groups is 1. The standard InChI is InChI=1S/C21H25N3O/c1-16-7-5-6-10-19(16)13-17-14-23(15-17)21(25)24-20(11-12-22-24)18-8-3-2-4-9-18/h2-4,7-10,12,17,20H,5-6,11,13-15H2,1H3. The van der Waals surface area contributed by atoms with Crippen LogP contribution in [0.1, 0.15) is 44.2 Å². The molecule has 4 nitrogen and oxygen atoms in total. The van der Waals surface area contributed by atoms with Gasteiger partial charge in [0.05, 0.1) is 6.04 Å². The Kier molecular flexibility index (Phi) is 4.43. The molecule has 0 bridgehead atoms. The Morgan fingerprint density at radius 1 is 1.16 bits per heavy atom. The van der Waals surface area contributed by atoms with E-state index in [1.807, 2.05) is 29.3 Å². The first-order valence-corrected chi connectivity index (χ1v) is 9.24. The maximum atomic E-state index is 12.8. The lowest BCUT2D eigenvalue weighted by atomic mass is 9.87. The molecule has 1 atom stereocenters. The summed E-state index contributed by atoms with van der Waals surface area (Å²) >= 11 is 0. The number of likely N-dealkylation sites (tertiary alicyclic amines) is 1. The summed E-state index contributed by atoms with van der Waals surface area (Å²) in [6, 6.07) is 10.3. The van der Waals surface area contributed by atoms with E-state index >= 15 is 0 Å². The van der Waals surface area contributed by atoms with Crippen LogP contribution in [0.4, 0.5) is 4.79 Å². The Balaban J connectivity index is 1.34. The number of nitrogens with zero attached hydrogens (tertiary/aromatic N) is 3. The predicted octanol–water partition coefficient (Wildman–Crippen LogP) is 4.53. The number of carbonyl (C=O) groups excluding carboxylic acids is 1. The van der Waals surface area contributed by atoms with Crippen LogP contribution < -0.4 is 0 Å². The molecule has 3 aliphatic rings. The van der Waals surface area contributed by atoms with Crippen molar-refractivity contribution in [2.45, 2.75) is 38.6 Å². The first-order chi connectivity index (χ1) is 12.2. The minimum Gasteiger partial charge on any atom is -0.322 e. The fourth-order valence-electron chi connectivity index (χ4n) is 3.96. The molecule has 0 aromatic heterocycles. The van der Waals surface area contributed by atoms with E-state index < -0.39 is 0 Å². The van der Waals surface area contributed by atoms with Crippen LogP contribution in [0.25, 0.3) is 0 Å².